The van der Waals surface area contributed by atoms with Crippen LogP contribution in [-0.4, -0.2) is 27.7 Å². The number of halogens is 1. The third-order valence-corrected chi connectivity index (χ3v) is 2.50. The lowest BCUT2D eigenvalue weighted by Gasteiger charge is -2.06. The summed E-state index contributed by atoms with van der Waals surface area (Å²) in [6.07, 6.45) is 0. The average Bonchev–Trinajstić information content (AvgIpc) is 2.40. The first-order valence-electron chi connectivity index (χ1n) is 5.78. The minimum absolute atomic E-state index is 0.0769. The molecule has 6 nitrogen and oxygen atoms in total. The Morgan fingerprint density at radius 1 is 1.45 bits per heavy atom. The molecule has 0 aliphatic rings. The van der Waals surface area contributed by atoms with Gasteiger partial charge in [-0.2, -0.15) is 4.98 Å². The number of H-pyrrole nitrogens is 1. The lowest BCUT2D eigenvalue weighted by atomic mass is 10.1. The molecular formula is C13H11FN2O4. The van der Waals surface area contributed by atoms with Crippen LogP contribution in [0.4, 0.5) is 4.39 Å². The SMILES string of the molecule is CCOc1ccc(-c2cc(C(=O)O)[nH]c(=O)n2)cc1F. The Morgan fingerprint density at radius 2 is 2.20 bits per heavy atom. The molecule has 0 saturated heterocycles. The number of hydrogen-bond acceptors (Lipinski definition) is 4. The number of aromatic nitrogens is 2. The van der Waals surface area contributed by atoms with E-state index in [9.17, 15) is 14.0 Å². The van der Waals surface area contributed by atoms with Crippen LogP contribution in [0.3, 0.4) is 0 Å². The van der Waals surface area contributed by atoms with Crippen molar-refractivity contribution < 1.29 is 19.0 Å². The molecular weight excluding hydrogens is 267 g/mol. The third kappa shape index (κ3) is 2.82. The number of nitrogens with zero attached hydrogens (tertiary/aromatic N) is 1. The number of aromatic carboxylic acids is 1. The molecule has 0 atom stereocenters. The molecule has 7 heteroatoms. The number of ether oxygens (including phenoxy) is 1. The van der Waals surface area contributed by atoms with Crippen molar-refractivity contribution in [3.63, 3.8) is 0 Å². The molecule has 0 fully saturated rings. The second-order valence-corrected chi connectivity index (χ2v) is 3.87. The van der Waals surface area contributed by atoms with Crippen LogP contribution >= 0.6 is 0 Å². The van der Waals surface area contributed by atoms with Gasteiger partial charge in [0.25, 0.3) is 0 Å². The molecule has 0 bridgehead atoms. The van der Waals surface area contributed by atoms with Crippen molar-refractivity contribution >= 4 is 5.97 Å². The molecule has 0 unspecified atom stereocenters. The fourth-order valence-electron chi connectivity index (χ4n) is 1.65. The van der Waals surface area contributed by atoms with E-state index >= 15 is 0 Å². The quantitative estimate of drug-likeness (QED) is 0.887. The first-order valence-corrected chi connectivity index (χ1v) is 5.78. The molecule has 104 valence electrons. The van der Waals surface area contributed by atoms with E-state index < -0.39 is 17.5 Å². The van der Waals surface area contributed by atoms with Crippen molar-refractivity contribution in [2.75, 3.05) is 6.61 Å². The summed E-state index contributed by atoms with van der Waals surface area (Å²) < 4.78 is 18.8. The highest BCUT2D eigenvalue weighted by Crippen LogP contribution is 2.24. The van der Waals surface area contributed by atoms with Gasteiger partial charge in [0.15, 0.2) is 11.6 Å². The lowest BCUT2D eigenvalue weighted by molar-refractivity contribution is 0.0690. The smallest absolute Gasteiger partial charge is 0.352 e. The second-order valence-electron chi connectivity index (χ2n) is 3.87. The van der Waals surface area contributed by atoms with E-state index in [1.807, 2.05) is 0 Å². The normalized spacial score (nSPS) is 10.3. The molecule has 0 radical (unpaired) electrons. The van der Waals surface area contributed by atoms with Crippen LogP contribution in [0.2, 0.25) is 0 Å². The first kappa shape index (κ1) is 13.7. The highest BCUT2D eigenvalue weighted by Gasteiger charge is 2.11. The van der Waals surface area contributed by atoms with E-state index in [-0.39, 0.29) is 17.1 Å². The Hall–Kier alpha value is -2.70. The van der Waals surface area contributed by atoms with E-state index in [0.717, 1.165) is 6.07 Å². The van der Waals surface area contributed by atoms with Gasteiger partial charge in [-0.1, -0.05) is 0 Å². The lowest BCUT2D eigenvalue weighted by Crippen LogP contribution is -2.16. The number of hydrogen-bond donors (Lipinski definition) is 2. The van der Waals surface area contributed by atoms with Crippen LogP contribution in [0.1, 0.15) is 17.4 Å². The molecule has 1 aromatic heterocycles. The van der Waals surface area contributed by atoms with Gasteiger partial charge in [0.1, 0.15) is 5.69 Å². The summed E-state index contributed by atoms with van der Waals surface area (Å²) >= 11 is 0. The first-order chi connectivity index (χ1) is 9.51. The Bertz CT molecular complexity index is 712. The zero-order chi connectivity index (χ0) is 14.7. The maximum Gasteiger partial charge on any atom is 0.352 e. The van der Waals surface area contributed by atoms with Crippen molar-refractivity contribution in [1.29, 1.82) is 0 Å². The van der Waals surface area contributed by atoms with E-state index in [2.05, 4.69) is 9.97 Å². The van der Waals surface area contributed by atoms with Crippen LogP contribution in [0, 0.1) is 5.82 Å². The van der Waals surface area contributed by atoms with Gasteiger partial charge < -0.3 is 9.84 Å². The van der Waals surface area contributed by atoms with Crippen molar-refractivity contribution in [1.82, 2.24) is 9.97 Å². The number of rotatable bonds is 4. The Balaban J connectivity index is 2.49. The maximum atomic E-state index is 13.7. The fourth-order valence-corrected chi connectivity index (χ4v) is 1.65. The van der Waals surface area contributed by atoms with Crippen molar-refractivity contribution in [3.05, 3.63) is 46.3 Å². The summed E-state index contributed by atoms with van der Waals surface area (Å²) in [5.41, 5.74) is -0.754. The van der Waals surface area contributed by atoms with Crippen LogP contribution < -0.4 is 10.4 Å². The summed E-state index contributed by atoms with van der Waals surface area (Å²) in [4.78, 5) is 27.8. The van der Waals surface area contributed by atoms with Gasteiger partial charge in [-0.05, 0) is 31.2 Å². The number of aromatic amines is 1. The zero-order valence-corrected chi connectivity index (χ0v) is 10.5. The van der Waals surface area contributed by atoms with E-state index in [1.165, 1.54) is 18.2 Å². The number of carboxylic acids is 1. The number of carbonyl (C=O) groups is 1. The molecule has 1 heterocycles. The van der Waals surface area contributed by atoms with Gasteiger partial charge in [-0.25, -0.2) is 14.0 Å². The molecule has 1 aromatic carbocycles. The van der Waals surface area contributed by atoms with Crippen molar-refractivity contribution in [3.8, 4) is 17.0 Å². The maximum absolute atomic E-state index is 13.7. The number of carboxylic acid groups (broad SMARTS) is 1. The monoisotopic (exact) mass is 278 g/mol. The van der Waals surface area contributed by atoms with Crippen LogP contribution in [-0.2, 0) is 0 Å². The van der Waals surface area contributed by atoms with E-state index in [4.69, 9.17) is 9.84 Å². The van der Waals surface area contributed by atoms with E-state index in [0.29, 0.717) is 12.2 Å². The van der Waals surface area contributed by atoms with Crippen LogP contribution in [0.25, 0.3) is 11.3 Å². The Morgan fingerprint density at radius 3 is 2.80 bits per heavy atom. The Kier molecular flexibility index (Phi) is 3.79. The van der Waals surface area contributed by atoms with Crippen LogP contribution in [0.5, 0.6) is 5.75 Å². The second kappa shape index (κ2) is 5.52. The van der Waals surface area contributed by atoms with Gasteiger partial charge in [-0.15, -0.1) is 0 Å². The fraction of sp³-hybridized carbons (Fsp3) is 0.154. The predicted octanol–water partition coefficient (Wildman–Crippen LogP) is 1.67. The number of benzene rings is 1. The summed E-state index contributed by atoms with van der Waals surface area (Å²) in [5, 5.41) is 8.86. The largest absolute Gasteiger partial charge is 0.491 e. The average molecular weight is 278 g/mol. The van der Waals surface area contributed by atoms with Gasteiger partial charge in [0.2, 0.25) is 0 Å². The molecule has 0 aliphatic heterocycles. The summed E-state index contributed by atoms with van der Waals surface area (Å²) in [7, 11) is 0. The highest BCUT2D eigenvalue weighted by atomic mass is 19.1. The predicted molar refractivity (Wildman–Crippen MR) is 68.4 cm³/mol. The summed E-state index contributed by atoms with van der Waals surface area (Å²) in [6, 6.07) is 5.20. The third-order valence-electron chi connectivity index (χ3n) is 2.50. The summed E-state index contributed by atoms with van der Waals surface area (Å²) in [5.74, 6) is -1.82. The molecule has 2 aromatic rings. The molecule has 2 N–H and O–H groups in total. The molecule has 0 aliphatic carbocycles. The minimum atomic E-state index is -1.29. The van der Waals surface area contributed by atoms with Gasteiger partial charge in [-0.3, -0.25) is 4.98 Å². The molecule has 0 spiro atoms. The van der Waals surface area contributed by atoms with Crippen LogP contribution in [0.15, 0.2) is 29.1 Å². The molecule has 20 heavy (non-hydrogen) atoms. The van der Waals surface area contributed by atoms with Gasteiger partial charge >= 0.3 is 11.7 Å². The topological polar surface area (TPSA) is 92.3 Å². The molecule has 0 amide bonds. The standard InChI is InChI=1S/C13H11FN2O4/c1-2-20-11-4-3-7(5-8(11)14)9-6-10(12(17)18)16-13(19)15-9/h3-6H,2H2,1H3,(H,17,18)(H,15,16,19). The molecule has 0 saturated carbocycles. The molecule has 2 rings (SSSR count). The summed E-state index contributed by atoms with van der Waals surface area (Å²) in [6.45, 7) is 2.05. The van der Waals surface area contributed by atoms with Gasteiger partial charge in [0, 0.05) is 5.56 Å². The van der Waals surface area contributed by atoms with Gasteiger partial charge in [0.05, 0.1) is 12.3 Å². The van der Waals surface area contributed by atoms with Crippen molar-refractivity contribution in [2.24, 2.45) is 0 Å². The van der Waals surface area contributed by atoms with E-state index in [1.54, 1.807) is 6.92 Å². The zero-order valence-electron chi connectivity index (χ0n) is 10.5. The minimum Gasteiger partial charge on any atom is -0.491 e. The highest BCUT2D eigenvalue weighted by molar-refractivity contribution is 5.86. The number of nitrogens with one attached hydrogen (secondary N) is 1. The van der Waals surface area contributed by atoms with Crippen molar-refractivity contribution in [2.45, 2.75) is 6.92 Å². The Labute approximate surface area is 112 Å².